The van der Waals surface area contributed by atoms with Gasteiger partial charge < -0.3 is 9.64 Å². The Morgan fingerprint density at radius 3 is 2.60 bits per heavy atom. The van der Waals surface area contributed by atoms with Crippen molar-refractivity contribution in [2.45, 2.75) is 40.7 Å². The molecule has 2 fully saturated rings. The maximum Gasteiger partial charge on any atom is 0.348 e. The van der Waals surface area contributed by atoms with Crippen molar-refractivity contribution >= 4 is 11.9 Å². The highest BCUT2D eigenvalue weighted by Gasteiger charge is 2.67. The third-order valence-corrected chi connectivity index (χ3v) is 5.84. The maximum absolute atomic E-state index is 12.8. The van der Waals surface area contributed by atoms with Crippen molar-refractivity contribution in [3.8, 4) is 0 Å². The lowest BCUT2D eigenvalue weighted by Crippen LogP contribution is -2.57. The maximum atomic E-state index is 12.8. The van der Waals surface area contributed by atoms with Crippen molar-refractivity contribution in [2.24, 2.45) is 16.7 Å². The molecular formula is C18H25N3O4. The Morgan fingerprint density at radius 2 is 2.04 bits per heavy atom. The average Bonchev–Trinajstić information content (AvgIpc) is 2.86. The van der Waals surface area contributed by atoms with Crippen LogP contribution in [0.2, 0.25) is 0 Å². The van der Waals surface area contributed by atoms with Gasteiger partial charge in [0.05, 0.1) is 12.5 Å². The summed E-state index contributed by atoms with van der Waals surface area (Å²) >= 11 is 0. The summed E-state index contributed by atoms with van der Waals surface area (Å²) < 4.78 is 6.39. The zero-order valence-electron chi connectivity index (χ0n) is 15.5. The monoisotopic (exact) mass is 347 g/mol. The Balaban J connectivity index is 1.81. The first-order valence-corrected chi connectivity index (χ1v) is 8.52. The molecular weight excluding hydrogens is 322 g/mol. The van der Waals surface area contributed by atoms with E-state index in [1.54, 1.807) is 24.8 Å². The zero-order valence-corrected chi connectivity index (χ0v) is 15.5. The minimum absolute atomic E-state index is 0.00138. The number of likely N-dealkylation sites (tertiary alicyclic amines) is 1. The smallest absolute Gasteiger partial charge is 0.348 e. The van der Waals surface area contributed by atoms with Gasteiger partial charge in [-0.1, -0.05) is 13.8 Å². The van der Waals surface area contributed by atoms with Crippen LogP contribution < -0.4 is 5.69 Å². The number of nitrogens with zero attached hydrogens (tertiary/aromatic N) is 3. The van der Waals surface area contributed by atoms with Crippen molar-refractivity contribution in [3.05, 3.63) is 27.9 Å². The van der Waals surface area contributed by atoms with E-state index in [0.29, 0.717) is 30.9 Å². The number of methoxy groups -OCH3 is 1. The Bertz CT molecular complexity index is 798. The average molecular weight is 347 g/mol. The number of ether oxygens (including phenoxy) is 1. The topological polar surface area (TPSA) is 81.5 Å². The zero-order chi connectivity index (χ0) is 18.6. The van der Waals surface area contributed by atoms with Crippen LogP contribution in [0.1, 0.15) is 31.7 Å². The number of hydrogen-bond acceptors (Lipinski definition) is 5. The van der Waals surface area contributed by atoms with Crippen LogP contribution in [0.25, 0.3) is 0 Å². The first-order chi connectivity index (χ1) is 11.6. The highest BCUT2D eigenvalue weighted by molar-refractivity contribution is 5.83. The van der Waals surface area contributed by atoms with E-state index >= 15 is 0 Å². The van der Waals surface area contributed by atoms with Gasteiger partial charge in [-0.25, -0.2) is 4.79 Å². The van der Waals surface area contributed by atoms with Crippen molar-refractivity contribution in [3.63, 3.8) is 0 Å². The van der Waals surface area contributed by atoms with Gasteiger partial charge in [0.1, 0.15) is 6.54 Å². The molecule has 1 aliphatic heterocycles. The summed E-state index contributed by atoms with van der Waals surface area (Å²) in [6.07, 6.45) is 0.714. The van der Waals surface area contributed by atoms with E-state index in [4.69, 9.17) is 4.74 Å². The molecule has 3 rings (SSSR count). The number of carbonyl (C=O) groups excluding carboxylic acids is 2. The van der Waals surface area contributed by atoms with Gasteiger partial charge in [0.2, 0.25) is 5.91 Å². The van der Waals surface area contributed by atoms with Gasteiger partial charge in [-0.05, 0) is 37.7 Å². The highest BCUT2D eigenvalue weighted by atomic mass is 16.5. The van der Waals surface area contributed by atoms with Crippen LogP contribution >= 0.6 is 0 Å². The molecule has 7 heteroatoms. The Kier molecular flexibility index (Phi) is 4.00. The van der Waals surface area contributed by atoms with E-state index in [9.17, 15) is 14.4 Å². The number of amides is 1. The van der Waals surface area contributed by atoms with Crippen molar-refractivity contribution in [1.82, 2.24) is 14.5 Å². The minimum Gasteiger partial charge on any atom is -0.469 e. The number of fused-ring (bicyclic) bond motifs is 1. The van der Waals surface area contributed by atoms with Crippen LogP contribution in [-0.2, 0) is 20.9 Å². The lowest BCUT2D eigenvalue weighted by atomic mass is 9.48. The Labute approximate surface area is 147 Å². The van der Waals surface area contributed by atoms with Crippen LogP contribution in [0.3, 0.4) is 0 Å². The molecule has 0 radical (unpaired) electrons. The molecule has 1 amide bonds. The lowest BCUT2D eigenvalue weighted by Gasteiger charge is -2.54. The molecule has 1 aromatic rings. The molecule has 0 aromatic carbocycles. The van der Waals surface area contributed by atoms with E-state index in [2.05, 4.69) is 18.8 Å². The first-order valence-electron chi connectivity index (χ1n) is 8.52. The van der Waals surface area contributed by atoms with Crippen LogP contribution in [0, 0.1) is 30.6 Å². The van der Waals surface area contributed by atoms with Gasteiger partial charge in [-0.15, -0.1) is 0 Å². The molecule has 2 heterocycles. The predicted molar refractivity (Wildman–Crippen MR) is 90.9 cm³/mol. The Hall–Kier alpha value is -2.18. The SMILES string of the molecule is COC(=O)[C@@]12CN(C(=O)Cn3c(C)cc(C)nc3=O)C[C@@H]1C(C)(C)C2. The molecule has 0 N–H and O–H groups in total. The fraction of sp³-hybridized carbons (Fsp3) is 0.667. The first kappa shape index (κ1) is 17.6. The summed E-state index contributed by atoms with van der Waals surface area (Å²) in [5, 5.41) is 0. The molecule has 0 spiro atoms. The van der Waals surface area contributed by atoms with Crippen LogP contribution in [-0.4, -0.2) is 46.5 Å². The molecule has 1 saturated heterocycles. The molecule has 25 heavy (non-hydrogen) atoms. The van der Waals surface area contributed by atoms with Gasteiger partial charge in [0, 0.05) is 24.5 Å². The number of carbonyl (C=O) groups is 2. The second kappa shape index (κ2) is 5.68. The van der Waals surface area contributed by atoms with Crippen molar-refractivity contribution in [1.29, 1.82) is 0 Å². The van der Waals surface area contributed by atoms with E-state index in [1.807, 2.05) is 0 Å². The number of aromatic nitrogens is 2. The second-order valence-electron chi connectivity index (χ2n) is 8.05. The minimum atomic E-state index is -0.598. The Morgan fingerprint density at radius 1 is 1.36 bits per heavy atom. The van der Waals surface area contributed by atoms with Crippen molar-refractivity contribution in [2.75, 3.05) is 20.2 Å². The van der Waals surface area contributed by atoms with Gasteiger partial charge in [-0.2, -0.15) is 4.98 Å². The highest BCUT2D eigenvalue weighted by Crippen LogP contribution is 2.63. The largest absolute Gasteiger partial charge is 0.469 e. The van der Waals surface area contributed by atoms with Gasteiger partial charge in [0.25, 0.3) is 0 Å². The summed E-state index contributed by atoms with van der Waals surface area (Å²) in [6, 6.07) is 1.78. The molecule has 1 aliphatic carbocycles. The number of aryl methyl sites for hydroxylation is 2. The molecule has 0 unspecified atom stereocenters. The third-order valence-electron chi connectivity index (χ3n) is 5.84. The van der Waals surface area contributed by atoms with E-state index in [0.717, 1.165) is 0 Å². The lowest BCUT2D eigenvalue weighted by molar-refractivity contribution is -0.174. The second-order valence-corrected chi connectivity index (χ2v) is 8.05. The van der Waals surface area contributed by atoms with Crippen LogP contribution in [0.4, 0.5) is 0 Å². The molecule has 1 aromatic heterocycles. The number of rotatable bonds is 3. The van der Waals surface area contributed by atoms with E-state index < -0.39 is 11.1 Å². The molecule has 136 valence electrons. The quantitative estimate of drug-likeness (QED) is 0.759. The normalized spacial score (nSPS) is 26.8. The summed E-state index contributed by atoms with van der Waals surface area (Å²) in [6.45, 7) is 8.60. The summed E-state index contributed by atoms with van der Waals surface area (Å²) in [5.41, 5.74) is 0.324. The van der Waals surface area contributed by atoms with Crippen molar-refractivity contribution < 1.29 is 14.3 Å². The summed E-state index contributed by atoms with van der Waals surface area (Å²) in [7, 11) is 1.39. The molecule has 1 saturated carbocycles. The standard InChI is InChI=1S/C18H25N3O4/c1-11-6-12(2)21(16(24)19-11)8-14(22)20-7-13-17(3,4)9-18(13,10-20)15(23)25-5/h6,13H,7-10H2,1-5H3/t13-,18+/m1/s1. The van der Waals surface area contributed by atoms with E-state index in [1.165, 1.54) is 11.7 Å². The van der Waals surface area contributed by atoms with Gasteiger partial charge in [-0.3, -0.25) is 14.2 Å². The van der Waals surface area contributed by atoms with E-state index in [-0.39, 0.29) is 29.8 Å². The fourth-order valence-electron chi connectivity index (χ4n) is 4.76. The van der Waals surface area contributed by atoms with Gasteiger partial charge >= 0.3 is 11.7 Å². The predicted octanol–water partition coefficient (Wildman–Crippen LogP) is 0.908. The molecule has 7 nitrogen and oxygen atoms in total. The third kappa shape index (κ3) is 2.65. The number of esters is 1. The molecule has 0 bridgehead atoms. The molecule has 2 aliphatic rings. The van der Waals surface area contributed by atoms with Crippen LogP contribution in [0.5, 0.6) is 0 Å². The number of hydrogen-bond donors (Lipinski definition) is 0. The molecule has 2 atom stereocenters. The van der Waals surface area contributed by atoms with Crippen LogP contribution in [0.15, 0.2) is 10.9 Å². The summed E-state index contributed by atoms with van der Waals surface area (Å²) in [5.74, 6) is -0.313. The fourth-order valence-corrected chi connectivity index (χ4v) is 4.76. The van der Waals surface area contributed by atoms with Gasteiger partial charge in [0.15, 0.2) is 0 Å². The summed E-state index contributed by atoms with van der Waals surface area (Å²) in [4.78, 5) is 42.8.